The van der Waals surface area contributed by atoms with E-state index in [-0.39, 0.29) is 24.7 Å². The lowest BCUT2D eigenvalue weighted by atomic mass is 9.77. The van der Waals surface area contributed by atoms with Gasteiger partial charge in [0, 0.05) is 101 Å². The van der Waals surface area contributed by atoms with Crippen LogP contribution in [0, 0.1) is 24.8 Å². The standard InChI is InChI=1S/C46H52N8O5/c1-31-27-35(8-10-39(31)47-2)53-22-17-46(30-53)15-20-51(21-16-46)34-5-3-33(4-6-34)43(57)52-25-23-49(24-26-52)29-32-13-18-50(19-14-32)36-7-9-37-38(28-36)45(59)54(44(37)58)40-11-12-41(55)48-42(40)56/h3-10,27-28,32,40H,11-26,29-30H2,1H3,(H,48,55,56). The second-order valence-electron chi connectivity index (χ2n) is 17.5. The van der Waals surface area contributed by atoms with Gasteiger partial charge < -0.3 is 19.6 Å². The van der Waals surface area contributed by atoms with E-state index < -0.39 is 23.8 Å². The van der Waals surface area contributed by atoms with E-state index in [2.05, 4.69) is 54.0 Å². The van der Waals surface area contributed by atoms with Crippen LogP contribution in [0.2, 0.25) is 0 Å². The first kappa shape index (κ1) is 38.8. The number of fused-ring (bicyclic) bond motifs is 1. The van der Waals surface area contributed by atoms with Gasteiger partial charge in [-0.05, 0) is 117 Å². The smallest absolute Gasteiger partial charge is 0.262 e. The third kappa shape index (κ3) is 7.55. The SMILES string of the molecule is [C-]#[N+]c1ccc(N2CCC3(CCN(c4ccc(C(=O)N5CCN(CC6CCN(c7ccc8c(c7)C(=O)N(C7CCC(=O)NC7=O)C8=O)CC6)CC5)cc4)CC3)C2)cc1C. The number of piperazine rings is 1. The Labute approximate surface area is 345 Å². The molecule has 6 aliphatic rings. The van der Waals surface area contributed by atoms with Crippen molar-refractivity contribution in [2.45, 2.75) is 57.9 Å². The molecule has 59 heavy (non-hydrogen) atoms. The molecule has 0 saturated carbocycles. The van der Waals surface area contributed by atoms with Gasteiger partial charge in [0.25, 0.3) is 17.7 Å². The van der Waals surface area contributed by atoms with E-state index in [1.165, 1.54) is 17.8 Å². The number of rotatable bonds is 7. The maximum atomic E-state index is 13.6. The Bertz CT molecular complexity index is 2210. The molecule has 306 valence electrons. The van der Waals surface area contributed by atoms with Crippen LogP contribution in [0.3, 0.4) is 0 Å². The molecule has 0 bridgehead atoms. The normalized spacial score (nSPS) is 22.6. The van der Waals surface area contributed by atoms with Gasteiger partial charge in [-0.3, -0.25) is 39.1 Å². The van der Waals surface area contributed by atoms with E-state index in [4.69, 9.17) is 6.57 Å². The maximum absolute atomic E-state index is 13.6. The lowest BCUT2D eigenvalue weighted by molar-refractivity contribution is -0.136. The van der Waals surface area contributed by atoms with Gasteiger partial charge in [0.05, 0.1) is 17.7 Å². The molecule has 5 fully saturated rings. The van der Waals surface area contributed by atoms with Crippen LogP contribution < -0.4 is 20.0 Å². The van der Waals surface area contributed by atoms with E-state index in [1.54, 1.807) is 12.1 Å². The number of carbonyl (C=O) groups excluding carboxylic acids is 5. The number of anilines is 3. The van der Waals surface area contributed by atoms with Crippen molar-refractivity contribution in [3.8, 4) is 0 Å². The fraction of sp³-hybridized carbons (Fsp3) is 0.478. The van der Waals surface area contributed by atoms with Crippen molar-refractivity contribution in [3.63, 3.8) is 0 Å². The Morgan fingerprint density at radius 2 is 1.36 bits per heavy atom. The van der Waals surface area contributed by atoms with Crippen LogP contribution in [-0.2, 0) is 9.59 Å². The largest absolute Gasteiger partial charge is 0.371 e. The molecule has 13 heteroatoms. The van der Waals surface area contributed by atoms with Crippen LogP contribution in [0.25, 0.3) is 4.85 Å². The van der Waals surface area contributed by atoms with Gasteiger partial charge in [-0.25, -0.2) is 4.85 Å². The number of nitrogens with one attached hydrogen (secondary N) is 1. The summed E-state index contributed by atoms with van der Waals surface area (Å²) < 4.78 is 0. The molecule has 6 heterocycles. The van der Waals surface area contributed by atoms with Crippen molar-refractivity contribution < 1.29 is 24.0 Å². The summed E-state index contributed by atoms with van der Waals surface area (Å²) in [7, 11) is 0. The Kier molecular flexibility index (Phi) is 10.4. The summed E-state index contributed by atoms with van der Waals surface area (Å²) >= 11 is 0. The highest BCUT2D eigenvalue weighted by Crippen LogP contribution is 2.43. The van der Waals surface area contributed by atoms with Crippen LogP contribution in [0.1, 0.15) is 81.6 Å². The third-order valence-electron chi connectivity index (χ3n) is 14.0. The Morgan fingerprint density at radius 3 is 2.03 bits per heavy atom. The van der Waals surface area contributed by atoms with Crippen molar-refractivity contribution in [2.24, 2.45) is 11.3 Å². The van der Waals surface area contributed by atoms with Gasteiger partial charge in [-0.1, -0.05) is 6.07 Å². The van der Waals surface area contributed by atoms with Crippen LogP contribution in [-0.4, -0.2) is 122 Å². The number of benzene rings is 3. The summed E-state index contributed by atoms with van der Waals surface area (Å²) in [4.78, 5) is 80.4. The summed E-state index contributed by atoms with van der Waals surface area (Å²) in [5, 5.41) is 2.25. The average molecular weight is 797 g/mol. The highest BCUT2D eigenvalue weighted by Gasteiger charge is 2.45. The zero-order valence-corrected chi connectivity index (χ0v) is 33.8. The van der Waals surface area contributed by atoms with Gasteiger partial charge in [-0.2, -0.15) is 0 Å². The van der Waals surface area contributed by atoms with Gasteiger partial charge in [0.2, 0.25) is 11.8 Å². The first-order valence-corrected chi connectivity index (χ1v) is 21.3. The second-order valence-corrected chi connectivity index (χ2v) is 17.5. The molecule has 9 rings (SSSR count). The van der Waals surface area contributed by atoms with Crippen LogP contribution >= 0.6 is 0 Å². The van der Waals surface area contributed by atoms with Crippen LogP contribution in [0.4, 0.5) is 22.7 Å². The minimum Gasteiger partial charge on any atom is -0.371 e. The summed E-state index contributed by atoms with van der Waals surface area (Å²) in [6.07, 6.45) is 5.76. The van der Waals surface area contributed by atoms with E-state index in [1.807, 2.05) is 36.1 Å². The second kappa shape index (κ2) is 15.8. The highest BCUT2D eigenvalue weighted by atomic mass is 16.2. The first-order chi connectivity index (χ1) is 28.6. The molecular formula is C46H52N8O5. The monoisotopic (exact) mass is 796 g/mol. The fourth-order valence-electron chi connectivity index (χ4n) is 10.3. The topological polar surface area (TPSA) is 121 Å². The van der Waals surface area contributed by atoms with E-state index in [0.29, 0.717) is 35.5 Å². The number of nitrogens with zero attached hydrogens (tertiary/aromatic N) is 7. The molecule has 3 aromatic carbocycles. The summed E-state index contributed by atoms with van der Waals surface area (Å²) in [6, 6.07) is 18.8. The van der Waals surface area contributed by atoms with Crippen LogP contribution in [0.15, 0.2) is 60.7 Å². The van der Waals surface area contributed by atoms with Gasteiger partial charge in [0.15, 0.2) is 5.69 Å². The predicted molar refractivity (Wildman–Crippen MR) is 225 cm³/mol. The Hall–Kier alpha value is -5.74. The third-order valence-corrected chi connectivity index (χ3v) is 14.0. The Balaban J connectivity index is 0.712. The minimum absolute atomic E-state index is 0.0951. The van der Waals surface area contributed by atoms with E-state index in [0.717, 1.165) is 112 Å². The molecule has 0 radical (unpaired) electrons. The number of amides is 5. The van der Waals surface area contributed by atoms with Crippen molar-refractivity contribution in [3.05, 3.63) is 94.3 Å². The zero-order chi connectivity index (χ0) is 40.8. The molecule has 1 atom stereocenters. The fourth-order valence-corrected chi connectivity index (χ4v) is 10.3. The molecular weight excluding hydrogens is 745 g/mol. The molecule has 5 amide bonds. The number of hydrogen-bond donors (Lipinski definition) is 1. The minimum atomic E-state index is -0.969. The molecule has 0 aromatic heterocycles. The molecule has 13 nitrogen and oxygen atoms in total. The van der Waals surface area contributed by atoms with Gasteiger partial charge in [0.1, 0.15) is 6.04 Å². The number of piperidine rings is 3. The molecule has 0 aliphatic carbocycles. The molecule has 1 spiro atoms. The molecule has 1 N–H and O–H groups in total. The number of aryl methyl sites for hydroxylation is 1. The molecule has 1 unspecified atom stereocenters. The lowest BCUT2D eigenvalue weighted by Crippen LogP contribution is -2.54. The first-order valence-electron chi connectivity index (χ1n) is 21.3. The van der Waals surface area contributed by atoms with E-state index in [9.17, 15) is 24.0 Å². The van der Waals surface area contributed by atoms with Crippen molar-refractivity contribution in [1.82, 2.24) is 20.0 Å². The predicted octanol–water partition coefficient (Wildman–Crippen LogP) is 5.12. The van der Waals surface area contributed by atoms with Crippen molar-refractivity contribution in [1.29, 1.82) is 0 Å². The van der Waals surface area contributed by atoms with E-state index >= 15 is 0 Å². The lowest BCUT2D eigenvalue weighted by Gasteiger charge is -2.40. The number of imide groups is 2. The van der Waals surface area contributed by atoms with Gasteiger partial charge >= 0.3 is 0 Å². The van der Waals surface area contributed by atoms with Crippen molar-refractivity contribution >= 4 is 52.3 Å². The quantitative estimate of drug-likeness (QED) is 0.257. The molecule has 3 aromatic rings. The zero-order valence-electron chi connectivity index (χ0n) is 33.8. The molecule has 6 aliphatic heterocycles. The highest BCUT2D eigenvalue weighted by molar-refractivity contribution is 6.23. The van der Waals surface area contributed by atoms with Gasteiger partial charge in [-0.15, -0.1) is 0 Å². The Morgan fingerprint density at radius 1 is 0.729 bits per heavy atom. The van der Waals surface area contributed by atoms with Crippen LogP contribution in [0.5, 0.6) is 0 Å². The van der Waals surface area contributed by atoms with Crippen molar-refractivity contribution in [2.75, 3.05) is 86.7 Å². The summed E-state index contributed by atoms with van der Waals surface area (Å²) in [5.74, 6) is -1.32. The number of hydrogen-bond acceptors (Lipinski definition) is 9. The summed E-state index contributed by atoms with van der Waals surface area (Å²) in [5.41, 5.74) is 6.77. The molecule has 5 saturated heterocycles. The average Bonchev–Trinajstić information content (AvgIpc) is 3.78. The summed E-state index contributed by atoms with van der Waals surface area (Å²) in [6.45, 7) is 19.4. The maximum Gasteiger partial charge on any atom is 0.262 e. The number of carbonyl (C=O) groups is 5.